The minimum atomic E-state index is 0.395. The molecule has 0 bridgehead atoms. The van der Waals surface area contributed by atoms with Gasteiger partial charge in [-0.05, 0) is 19.4 Å². The van der Waals surface area contributed by atoms with Crippen LogP contribution in [0.4, 0.5) is 0 Å². The van der Waals surface area contributed by atoms with Crippen LogP contribution in [0.5, 0.6) is 0 Å². The number of thioether (sulfide) groups is 1. The van der Waals surface area contributed by atoms with Crippen molar-refractivity contribution in [3.05, 3.63) is 11.7 Å². The van der Waals surface area contributed by atoms with Gasteiger partial charge in [-0.1, -0.05) is 37.8 Å². The third-order valence-electron chi connectivity index (χ3n) is 4.54. The van der Waals surface area contributed by atoms with E-state index in [1.54, 1.807) is 0 Å². The van der Waals surface area contributed by atoms with Crippen LogP contribution in [0.3, 0.4) is 0 Å². The normalized spacial score (nSPS) is 28.6. The molecule has 1 aromatic rings. The van der Waals surface area contributed by atoms with E-state index in [-0.39, 0.29) is 0 Å². The second kappa shape index (κ2) is 6.94. The molecule has 4 nitrogen and oxygen atoms in total. The van der Waals surface area contributed by atoms with Gasteiger partial charge in [0.05, 0.1) is 5.92 Å². The van der Waals surface area contributed by atoms with E-state index in [2.05, 4.69) is 17.4 Å². The summed E-state index contributed by atoms with van der Waals surface area (Å²) >= 11 is 1.98. The van der Waals surface area contributed by atoms with Crippen molar-refractivity contribution in [3.8, 4) is 0 Å². The number of hydrogen-bond donors (Lipinski definition) is 1. The van der Waals surface area contributed by atoms with Crippen molar-refractivity contribution in [2.45, 2.75) is 63.3 Å². The molecular formula is C15H25N3OS. The Morgan fingerprint density at radius 3 is 2.75 bits per heavy atom. The minimum Gasteiger partial charge on any atom is -0.339 e. The van der Waals surface area contributed by atoms with Crippen molar-refractivity contribution in [3.63, 3.8) is 0 Å². The molecule has 5 heteroatoms. The molecule has 1 aliphatic carbocycles. The largest absolute Gasteiger partial charge is 0.339 e. The molecular weight excluding hydrogens is 270 g/mol. The maximum Gasteiger partial charge on any atom is 0.232 e. The van der Waals surface area contributed by atoms with Gasteiger partial charge in [0.25, 0.3) is 0 Å². The first kappa shape index (κ1) is 14.4. The van der Waals surface area contributed by atoms with Crippen LogP contribution >= 0.6 is 11.8 Å². The second-order valence-corrected chi connectivity index (χ2v) is 7.06. The fourth-order valence-electron chi connectivity index (χ4n) is 3.36. The van der Waals surface area contributed by atoms with E-state index in [4.69, 9.17) is 9.51 Å². The summed E-state index contributed by atoms with van der Waals surface area (Å²) in [7, 11) is 0. The Balaban J connectivity index is 1.69. The molecule has 1 aliphatic heterocycles. The lowest BCUT2D eigenvalue weighted by Gasteiger charge is -2.15. The third kappa shape index (κ3) is 3.19. The van der Waals surface area contributed by atoms with Crippen molar-refractivity contribution >= 4 is 11.8 Å². The van der Waals surface area contributed by atoms with Gasteiger partial charge >= 0.3 is 0 Å². The number of likely N-dealkylation sites (N-methyl/N-ethyl adjacent to an activating group) is 1. The van der Waals surface area contributed by atoms with Gasteiger partial charge in [0.2, 0.25) is 5.89 Å². The van der Waals surface area contributed by atoms with Crippen molar-refractivity contribution in [1.82, 2.24) is 15.5 Å². The van der Waals surface area contributed by atoms with Gasteiger partial charge in [-0.3, -0.25) is 0 Å². The predicted molar refractivity (Wildman–Crippen MR) is 82.3 cm³/mol. The number of nitrogens with zero attached hydrogens (tertiary/aromatic N) is 2. The lowest BCUT2D eigenvalue weighted by atomic mass is 9.99. The molecule has 0 radical (unpaired) electrons. The molecule has 2 unspecified atom stereocenters. The molecule has 3 rings (SSSR count). The van der Waals surface area contributed by atoms with Crippen LogP contribution in [0.1, 0.15) is 69.0 Å². The number of nitrogens with one attached hydrogen (secondary N) is 1. The fraction of sp³-hybridized carbons (Fsp3) is 0.867. The van der Waals surface area contributed by atoms with Crippen LogP contribution < -0.4 is 5.32 Å². The van der Waals surface area contributed by atoms with Crippen LogP contribution in [-0.4, -0.2) is 34.2 Å². The SMILES string of the molecule is CCNC1CSCC1c1nc(C2CCCCCC2)no1. The van der Waals surface area contributed by atoms with Crippen LogP contribution in [0.2, 0.25) is 0 Å². The molecule has 1 N–H and O–H groups in total. The average Bonchev–Trinajstić information content (AvgIpc) is 3.02. The Bertz CT molecular complexity index is 415. The highest BCUT2D eigenvalue weighted by atomic mass is 32.2. The lowest BCUT2D eigenvalue weighted by Crippen LogP contribution is -2.34. The van der Waals surface area contributed by atoms with Gasteiger partial charge in [-0.15, -0.1) is 0 Å². The highest BCUT2D eigenvalue weighted by molar-refractivity contribution is 7.99. The van der Waals surface area contributed by atoms with Crippen LogP contribution in [0.15, 0.2) is 4.52 Å². The summed E-state index contributed by atoms with van der Waals surface area (Å²) in [6.07, 6.45) is 7.82. The molecule has 2 aliphatic rings. The third-order valence-corrected chi connectivity index (χ3v) is 5.73. The van der Waals surface area contributed by atoms with Crippen LogP contribution in [-0.2, 0) is 0 Å². The molecule has 0 spiro atoms. The Morgan fingerprint density at radius 1 is 1.20 bits per heavy atom. The highest BCUT2D eigenvalue weighted by Gasteiger charge is 2.33. The monoisotopic (exact) mass is 295 g/mol. The van der Waals surface area contributed by atoms with Crippen LogP contribution in [0, 0.1) is 0 Å². The zero-order chi connectivity index (χ0) is 13.8. The molecule has 112 valence electrons. The summed E-state index contributed by atoms with van der Waals surface area (Å²) < 4.78 is 5.60. The zero-order valence-corrected chi connectivity index (χ0v) is 13.1. The first-order valence-electron chi connectivity index (χ1n) is 8.03. The topological polar surface area (TPSA) is 51.0 Å². The molecule has 2 heterocycles. The molecule has 2 atom stereocenters. The smallest absolute Gasteiger partial charge is 0.232 e. The minimum absolute atomic E-state index is 0.395. The van der Waals surface area contributed by atoms with Gasteiger partial charge < -0.3 is 9.84 Å². The fourth-order valence-corrected chi connectivity index (χ4v) is 4.73. The molecule has 1 saturated heterocycles. The Kier molecular flexibility index (Phi) is 4.99. The van der Waals surface area contributed by atoms with E-state index in [1.807, 2.05) is 11.8 Å². The second-order valence-electron chi connectivity index (χ2n) is 5.99. The van der Waals surface area contributed by atoms with Crippen molar-refractivity contribution in [2.75, 3.05) is 18.1 Å². The van der Waals surface area contributed by atoms with Crippen molar-refractivity contribution < 1.29 is 4.52 Å². The van der Waals surface area contributed by atoms with E-state index in [0.717, 1.165) is 29.8 Å². The maximum atomic E-state index is 5.60. The summed E-state index contributed by atoms with van der Waals surface area (Å²) in [5.41, 5.74) is 0. The predicted octanol–water partition coefficient (Wildman–Crippen LogP) is 3.32. The molecule has 0 aromatic carbocycles. The van der Waals surface area contributed by atoms with Gasteiger partial charge in [0.15, 0.2) is 5.82 Å². The van der Waals surface area contributed by atoms with E-state index in [0.29, 0.717) is 17.9 Å². The summed E-state index contributed by atoms with van der Waals surface area (Å²) in [5, 5.41) is 7.84. The molecule has 0 amide bonds. The van der Waals surface area contributed by atoms with Gasteiger partial charge in [-0.25, -0.2) is 0 Å². The first-order valence-corrected chi connectivity index (χ1v) is 9.18. The van der Waals surface area contributed by atoms with Crippen molar-refractivity contribution in [2.24, 2.45) is 0 Å². The number of aromatic nitrogens is 2. The van der Waals surface area contributed by atoms with Gasteiger partial charge in [0.1, 0.15) is 0 Å². The Labute approximate surface area is 125 Å². The summed E-state index contributed by atoms with van der Waals surface area (Å²) in [4.78, 5) is 4.76. The Hall–Kier alpha value is -0.550. The van der Waals surface area contributed by atoms with Gasteiger partial charge in [-0.2, -0.15) is 16.7 Å². The van der Waals surface area contributed by atoms with E-state index < -0.39 is 0 Å². The average molecular weight is 295 g/mol. The standard InChI is InChI=1S/C15H25N3OS/c1-2-16-13-10-20-9-12(13)15-17-14(18-19-15)11-7-5-3-4-6-8-11/h11-13,16H,2-10H2,1H3. The zero-order valence-electron chi connectivity index (χ0n) is 12.3. The van der Waals surface area contributed by atoms with Gasteiger partial charge in [0, 0.05) is 23.5 Å². The first-order chi connectivity index (χ1) is 9.88. The van der Waals surface area contributed by atoms with E-state index >= 15 is 0 Å². The molecule has 20 heavy (non-hydrogen) atoms. The molecule has 2 fully saturated rings. The number of hydrogen-bond acceptors (Lipinski definition) is 5. The molecule has 1 aromatic heterocycles. The quantitative estimate of drug-likeness (QED) is 0.864. The van der Waals surface area contributed by atoms with E-state index in [1.165, 1.54) is 38.5 Å². The van der Waals surface area contributed by atoms with E-state index in [9.17, 15) is 0 Å². The van der Waals surface area contributed by atoms with Crippen LogP contribution in [0.25, 0.3) is 0 Å². The van der Waals surface area contributed by atoms with Crippen molar-refractivity contribution in [1.29, 1.82) is 0 Å². The Morgan fingerprint density at radius 2 is 2.00 bits per heavy atom. The summed E-state index contributed by atoms with van der Waals surface area (Å²) in [6.45, 7) is 3.16. The summed E-state index contributed by atoms with van der Waals surface area (Å²) in [5.74, 6) is 5.01. The maximum absolute atomic E-state index is 5.60. The lowest BCUT2D eigenvalue weighted by molar-refractivity contribution is 0.334. The molecule has 1 saturated carbocycles. The summed E-state index contributed by atoms with van der Waals surface area (Å²) in [6, 6.07) is 0.493. The highest BCUT2D eigenvalue weighted by Crippen LogP contribution is 2.34. The number of rotatable bonds is 4.